The van der Waals surface area contributed by atoms with Gasteiger partial charge in [-0.2, -0.15) is 4.98 Å². The average Bonchev–Trinajstić information content (AvgIpc) is 2.56. The molecule has 0 bridgehead atoms. The number of alkyl halides is 1. The van der Waals surface area contributed by atoms with E-state index in [1.807, 2.05) is 0 Å². The Kier molecular flexibility index (Phi) is 3.56. The van der Waals surface area contributed by atoms with Crippen LogP contribution in [0.15, 0.2) is 6.20 Å². The van der Waals surface area contributed by atoms with Crippen LogP contribution in [0.2, 0.25) is 0 Å². The van der Waals surface area contributed by atoms with Gasteiger partial charge in [0.05, 0.1) is 6.61 Å². The van der Waals surface area contributed by atoms with Crippen LogP contribution < -0.4 is 5.73 Å². The van der Waals surface area contributed by atoms with E-state index in [9.17, 15) is 13.9 Å². The predicted octanol–water partition coefficient (Wildman–Crippen LogP) is 0.313. The summed E-state index contributed by atoms with van der Waals surface area (Å²) in [5.74, 6) is -1.26. The lowest BCUT2D eigenvalue weighted by molar-refractivity contribution is -0.0926. The van der Waals surface area contributed by atoms with E-state index in [2.05, 4.69) is 4.98 Å². The topological polar surface area (TPSA) is 93.5 Å². The molecule has 0 spiro atoms. The minimum atomic E-state index is -1.98. The monoisotopic (exact) mass is 293 g/mol. The fourth-order valence-electron chi connectivity index (χ4n) is 1.99. The zero-order valence-corrected chi connectivity index (χ0v) is 10.8. The molecule has 0 saturated carbocycles. The van der Waals surface area contributed by atoms with Crippen LogP contribution in [0, 0.1) is 10.6 Å². The van der Waals surface area contributed by atoms with E-state index in [1.165, 1.54) is 6.92 Å². The van der Waals surface area contributed by atoms with Gasteiger partial charge in [0.1, 0.15) is 11.7 Å². The smallest absolute Gasteiger partial charge is 0.203 e. The zero-order chi connectivity index (χ0) is 14.4. The lowest BCUT2D eigenvalue weighted by Gasteiger charge is -2.27. The van der Waals surface area contributed by atoms with Gasteiger partial charge in [-0.3, -0.25) is 4.57 Å². The van der Waals surface area contributed by atoms with E-state index < -0.39 is 42.3 Å². The first-order valence-electron chi connectivity index (χ1n) is 5.46. The third kappa shape index (κ3) is 2.22. The van der Waals surface area contributed by atoms with Gasteiger partial charge in [-0.25, -0.2) is 8.78 Å². The third-order valence-corrected chi connectivity index (χ3v) is 3.36. The van der Waals surface area contributed by atoms with Crippen molar-refractivity contribution >= 4 is 18.0 Å². The highest BCUT2D eigenvalue weighted by molar-refractivity contribution is 7.71. The summed E-state index contributed by atoms with van der Waals surface area (Å²) in [5, 5.41) is 19.1. The van der Waals surface area contributed by atoms with Crippen LogP contribution in [0.25, 0.3) is 0 Å². The summed E-state index contributed by atoms with van der Waals surface area (Å²) in [6.45, 7) is 0.556. The molecule has 9 heteroatoms. The first kappa shape index (κ1) is 14.3. The molecule has 1 fully saturated rings. The van der Waals surface area contributed by atoms with E-state index >= 15 is 0 Å². The maximum atomic E-state index is 13.9. The Morgan fingerprint density at radius 2 is 2.32 bits per heavy atom. The summed E-state index contributed by atoms with van der Waals surface area (Å²) in [4.78, 5) is 3.56. The van der Waals surface area contributed by atoms with Gasteiger partial charge in [0.25, 0.3) is 0 Å². The fraction of sp³-hybridized carbons (Fsp3) is 0.600. The van der Waals surface area contributed by atoms with Crippen LogP contribution in [0.4, 0.5) is 14.6 Å². The molecule has 1 aliphatic rings. The molecular weight excluding hydrogens is 280 g/mol. The molecule has 2 rings (SSSR count). The van der Waals surface area contributed by atoms with Gasteiger partial charge in [0.2, 0.25) is 4.77 Å². The highest BCUT2D eigenvalue weighted by Gasteiger charge is 2.54. The van der Waals surface area contributed by atoms with Crippen LogP contribution in [-0.4, -0.2) is 44.2 Å². The minimum Gasteiger partial charge on any atom is -0.394 e. The van der Waals surface area contributed by atoms with Crippen LogP contribution in [-0.2, 0) is 4.74 Å². The molecule has 1 aromatic heterocycles. The molecule has 2 heterocycles. The third-order valence-electron chi connectivity index (χ3n) is 3.06. The van der Waals surface area contributed by atoms with Gasteiger partial charge in [-0.1, -0.05) is 0 Å². The van der Waals surface area contributed by atoms with Crippen molar-refractivity contribution in [3.05, 3.63) is 16.8 Å². The second-order valence-electron chi connectivity index (χ2n) is 4.50. The number of nitrogen functional groups attached to an aromatic ring is 1. The maximum absolute atomic E-state index is 13.9. The van der Waals surface area contributed by atoms with Gasteiger partial charge in [-0.05, 0) is 19.1 Å². The predicted molar refractivity (Wildman–Crippen MR) is 63.9 cm³/mol. The van der Waals surface area contributed by atoms with Gasteiger partial charge < -0.3 is 20.7 Å². The molecule has 19 heavy (non-hydrogen) atoms. The number of anilines is 1. The summed E-state index contributed by atoms with van der Waals surface area (Å²) in [7, 11) is 0. The van der Waals surface area contributed by atoms with Crippen LogP contribution in [0.5, 0.6) is 0 Å². The van der Waals surface area contributed by atoms with Gasteiger partial charge >= 0.3 is 0 Å². The Hall–Kier alpha value is -1.16. The highest BCUT2D eigenvalue weighted by Crippen LogP contribution is 2.40. The van der Waals surface area contributed by atoms with Gasteiger partial charge in [0.15, 0.2) is 24.0 Å². The molecule has 0 amide bonds. The van der Waals surface area contributed by atoms with Crippen LogP contribution in [0.3, 0.4) is 0 Å². The largest absolute Gasteiger partial charge is 0.394 e. The molecule has 4 atom stereocenters. The molecule has 6 nitrogen and oxygen atoms in total. The number of aliphatic hydroxyl groups is 2. The number of aromatic nitrogens is 2. The molecule has 1 aromatic rings. The molecule has 0 radical (unpaired) electrons. The van der Waals surface area contributed by atoms with Crippen molar-refractivity contribution in [1.29, 1.82) is 0 Å². The quantitative estimate of drug-likeness (QED) is 0.680. The summed E-state index contributed by atoms with van der Waals surface area (Å²) in [6.07, 6.45) is -3.47. The maximum Gasteiger partial charge on any atom is 0.203 e. The number of halogens is 2. The molecule has 0 aromatic carbocycles. The summed E-state index contributed by atoms with van der Waals surface area (Å²) >= 11 is 4.88. The van der Waals surface area contributed by atoms with Crippen molar-refractivity contribution in [2.75, 3.05) is 12.3 Å². The molecule has 0 aliphatic carbocycles. The van der Waals surface area contributed by atoms with E-state index in [1.54, 1.807) is 0 Å². The Morgan fingerprint density at radius 3 is 2.84 bits per heavy atom. The zero-order valence-electron chi connectivity index (χ0n) is 9.96. The van der Waals surface area contributed by atoms with Gasteiger partial charge in [0, 0.05) is 6.20 Å². The number of rotatable bonds is 2. The average molecular weight is 293 g/mol. The van der Waals surface area contributed by atoms with Crippen molar-refractivity contribution in [2.45, 2.75) is 31.0 Å². The lowest BCUT2D eigenvalue weighted by Crippen LogP contribution is -2.41. The van der Waals surface area contributed by atoms with Crippen molar-refractivity contribution in [3.8, 4) is 0 Å². The Balaban J connectivity index is 2.48. The summed E-state index contributed by atoms with van der Waals surface area (Å²) < 4.78 is 33.3. The second kappa shape index (κ2) is 4.75. The second-order valence-corrected chi connectivity index (χ2v) is 4.87. The number of hydrogen-bond acceptors (Lipinski definition) is 6. The van der Waals surface area contributed by atoms with E-state index in [0.29, 0.717) is 0 Å². The normalized spacial score (nSPS) is 34.7. The lowest BCUT2D eigenvalue weighted by atomic mass is 9.98. The number of nitrogens with zero attached hydrogens (tertiary/aromatic N) is 2. The summed E-state index contributed by atoms with van der Waals surface area (Å²) in [6, 6.07) is 0. The van der Waals surface area contributed by atoms with Crippen LogP contribution in [0.1, 0.15) is 13.2 Å². The first-order chi connectivity index (χ1) is 8.78. The fourth-order valence-corrected chi connectivity index (χ4v) is 2.24. The minimum absolute atomic E-state index is 0.157. The van der Waals surface area contributed by atoms with Crippen molar-refractivity contribution in [1.82, 2.24) is 9.55 Å². The standard InChI is InChI=1S/C10H13F2N3O3S/c1-10(17)6(12)5(3-16)18-8(10)15-2-4(11)7(13)14-9(15)19/h2,5-6,8,16-17H,3H2,1H3,(H2,13,14,19). The van der Waals surface area contributed by atoms with Crippen molar-refractivity contribution < 1.29 is 23.7 Å². The SMILES string of the molecule is CC1(O)C(F)C(CO)OC1n1cc(F)c(N)nc1=S. The molecular formula is C10H13F2N3O3S. The Labute approximate surface area is 112 Å². The molecule has 106 valence electrons. The number of hydrogen-bond donors (Lipinski definition) is 3. The van der Waals surface area contributed by atoms with E-state index in [0.717, 1.165) is 10.8 Å². The molecule has 1 saturated heterocycles. The highest BCUT2D eigenvalue weighted by atomic mass is 32.1. The summed E-state index contributed by atoms with van der Waals surface area (Å²) in [5.41, 5.74) is 3.28. The first-order valence-corrected chi connectivity index (χ1v) is 5.86. The number of aliphatic hydroxyl groups excluding tert-OH is 1. The molecule has 1 aliphatic heterocycles. The molecule has 4 N–H and O–H groups in total. The van der Waals surface area contributed by atoms with Crippen molar-refractivity contribution in [2.24, 2.45) is 0 Å². The van der Waals surface area contributed by atoms with Crippen molar-refractivity contribution in [3.63, 3.8) is 0 Å². The Bertz CT molecular complexity index is 551. The number of nitrogens with two attached hydrogens (primary N) is 1. The Morgan fingerprint density at radius 1 is 1.68 bits per heavy atom. The number of ether oxygens (including phenoxy) is 1. The van der Waals surface area contributed by atoms with E-state index in [4.69, 9.17) is 27.8 Å². The van der Waals surface area contributed by atoms with E-state index in [-0.39, 0.29) is 4.77 Å². The molecule has 4 unspecified atom stereocenters. The van der Waals surface area contributed by atoms with Gasteiger partial charge in [-0.15, -0.1) is 0 Å². The van der Waals surface area contributed by atoms with Crippen LogP contribution >= 0.6 is 12.2 Å².